The van der Waals surface area contributed by atoms with Gasteiger partial charge in [0.1, 0.15) is 0 Å². The van der Waals surface area contributed by atoms with Crippen molar-refractivity contribution in [3.05, 3.63) is 11.8 Å². The number of aliphatic imine (C=N–C) groups is 1. The molecule has 0 atom stereocenters. The van der Waals surface area contributed by atoms with Gasteiger partial charge in [-0.3, -0.25) is 4.99 Å². The van der Waals surface area contributed by atoms with Gasteiger partial charge in [-0.05, 0) is 31.5 Å². The summed E-state index contributed by atoms with van der Waals surface area (Å²) in [6.45, 7) is 1.98. The van der Waals surface area contributed by atoms with Gasteiger partial charge in [0.2, 0.25) is 0 Å². The minimum absolute atomic E-state index is 0.564. The Labute approximate surface area is 74.6 Å². The zero-order chi connectivity index (χ0) is 8.81. The summed E-state index contributed by atoms with van der Waals surface area (Å²) in [4.78, 5) is 4.48. The molecule has 2 nitrogen and oxygen atoms in total. The van der Waals surface area contributed by atoms with Crippen LogP contribution in [0.1, 0.15) is 39.0 Å². The van der Waals surface area contributed by atoms with E-state index in [1.165, 1.54) is 32.1 Å². The van der Waals surface area contributed by atoms with Crippen LogP contribution in [-0.2, 0) is 0 Å². The van der Waals surface area contributed by atoms with Gasteiger partial charge in [-0.1, -0.05) is 19.3 Å². The fraction of sp³-hybridized carbons (Fsp3) is 0.700. The third kappa shape index (κ3) is 3.07. The molecular formula is C10H18N2. The predicted octanol–water partition coefficient (Wildman–Crippen LogP) is 2.25. The highest BCUT2D eigenvalue weighted by molar-refractivity contribution is 5.77. The van der Waals surface area contributed by atoms with Gasteiger partial charge >= 0.3 is 0 Å². The SMILES string of the molecule is CC(C=NC1CCCCC1)=CN. The summed E-state index contributed by atoms with van der Waals surface area (Å²) in [5.74, 6) is 0. The van der Waals surface area contributed by atoms with E-state index in [1.807, 2.05) is 13.1 Å². The molecule has 0 radical (unpaired) electrons. The highest BCUT2D eigenvalue weighted by Gasteiger charge is 2.10. The van der Waals surface area contributed by atoms with Crippen molar-refractivity contribution in [2.75, 3.05) is 0 Å². The van der Waals surface area contributed by atoms with E-state index in [-0.39, 0.29) is 0 Å². The van der Waals surface area contributed by atoms with Gasteiger partial charge in [0.05, 0.1) is 0 Å². The molecule has 0 amide bonds. The van der Waals surface area contributed by atoms with Crippen molar-refractivity contribution in [1.82, 2.24) is 0 Å². The molecule has 0 aromatic heterocycles. The topological polar surface area (TPSA) is 38.4 Å². The summed E-state index contributed by atoms with van der Waals surface area (Å²) in [6, 6.07) is 0.564. The first-order valence-corrected chi connectivity index (χ1v) is 4.74. The van der Waals surface area contributed by atoms with Crippen molar-refractivity contribution in [2.45, 2.75) is 45.1 Å². The first-order valence-electron chi connectivity index (χ1n) is 4.74. The van der Waals surface area contributed by atoms with Gasteiger partial charge in [-0.15, -0.1) is 0 Å². The molecule has 0 spiro atoms. The quantitative estimate of drug-likeness (QED) is 0.628. The Morgan fingerprint density at radius 2 is 2.00 bits per heavy atom. The lowest BCUT2D eigenvalue weighted by atomic mass is 9.96. The van der Waals surface area contributed by atoms with Crippen molar-refractivity contribution in [3.8, 4) is 0 Å². The second-order valence-electron chi connectivity index (χ2n) is 3.48. The molecule has 1 fully saturated rings. The number of hydrogen-bond acceptors (Lipinski definition) is 2. The summed E-state index contributed by atoms with van der Waals surface area (Å²) in [7, 11) is 0. The Kier molecular flexibility index (Phi) is 3.85. The minimum Gasteiger partial charge on any atom is -0.404 e. The smallest absolute Gasteiger partial charge is 0.0499 e. The van der Waals surface area contributed by atoms with Gasteiger partial charge in [0.25, 0.3) is 0 Å². The van der Waals surface area contributed by atoms with Crippen LogP contribution in [-0.4, -0.2) is 12.3 Å². The van der Waals surface area contributed by atoms with Gasteiger partial charge in [0, 0.05) is 12.3 Å². The first-order chi connectivity index (χ1) is 5.83. The summed E-state index contributed by atoms with van der Waals surface area (Å²) >= 11 is 0. The van der Waals surface area contributed by atoms with E-state index in [9.17, 15) is 0 Å². The van der Waals surface area contributed by atoms with Crippen LogP contribution in [0.2, 0.25) is 0 Å². The lowest BCUT2D eigenvalue weighted by molar-refractivity contribution is 0.444. The van der Waals surface area contributed by atoms with Crippen LogP contribution in [0, 0.1) is 0 Å². The van der Waals surface area contributed by atoms with E-state index in [0.717, 1.165) is 5.57 Å². The molecule has 12 heavy (non-hydrogen) atoms. The summed E-state index contributed by atoms with van der Waals surface area (Å²) < 4.78 is 0. The van der Waals surface area contributed by atoms with E-state index in [2.05, 4.69) is 4.99 Å². The Balaban J connectivity index is 2.33. The highest BCUT2D eigenvalue weighted by Crippen LogP contribution is 2.19. The average Bonchev–Trinajstić information content (AvgIpc) is 2.16. The van der Waals surface area contributed by atoms with Crippen LogP contribution in [0.15, 0.2) is 16.8 Å². The number of rotatable bonds is 2. The molecule has 68 valence electrons. The largest absolute Gasteiger partial charge is 0.404 e. The molecule has 0 unspecified atom stereocenters. The Morgan fingerprint density at radius 3 is 2.58 bits per heavy atom. The van der Waals surface area contributed by atoms with Crippen LogP contribution < -0.4 is 5.73 Å². The number of nitrogens with two attached hydrogens (primary N) is 1. The average molecular weight is 166 g/mol. The van der Waals surface area contributed by atoms with E-state index >= 15 is 0 Å². The van der Waals surface area contributed by atoms with Gasteiger partial charge in [-0.2, -0.15) is 0 Å². The minimum atomic E-state index is 0.564. The number of nitrogens with zero attached hydrogens (tertiary/aromatic N) is 1. The molecule has 0 heterocycles. The lowest BCUT2D eigenvalue weighted by Crippen LogP contribution is -2.09. The maximum Gasteiger partial charge on any atom is 0.0499 e. The number of hydrogen-bond donors (Lipinski definition) is 1. The third-order valence-corrected chi connectivity index (χ3v) is 2.33. The van der Waals surface area contributed by atoms with Crippen molar-refractivity contribution in [3.63, 3.8) is 0 Å². The third-order valence-electron chi connectivity index (χ3n) is 2.33. The van der Waals surface area contributed by atoms with E-state index in [1.54, 1.807) is 6.20 Å². The van der Waals surface area contributed by atoms with Crippen LogP contribution in [0.4, 0.5) is 0 Å². The molecule has 1 aliphatic carbocycles. The molecule has 1 saturated carbocycles. The second-order valence-corrected chi connectivity index (χ2v) is 3.48. The first kappa shape index (κ1) is 9.30. The van der Waals surface area contributed by atoms with Crippen LogP contribution in [0.25, 0.3) is 0 Å². The standard InChI is InChI=1S/C10H18N2/c1-9(7-11)8-12-10-5-3-2-4-6-10/h7-8,10H,2-6,11H2,1H3. The lowest BCUT2D eigenvalue weighted by Gasteiger charge is -2.16. The fourth-order valence-electron chi connectivity index (χ4n) is 1.50. The summed E-state index contributed by atoms with van der Waals surface area (Å²) in [5.41, 5.74) is 6.39. The van der Waals surface area contributed by atoms with Crippen molar-refractivity contribution in [1.29, 1.82) is 0 Å². The fourth-order valence-corrected chi connectivity index (χ4v) is 1.50. The highest BCUT2D eigenvalue weighted by atomic mass is 14.8. The normalized spacial score (nSPS) is 21.9. The summed E-state index contributed by atoms with van der Waals surface area (Å²) in [6.07, 6.45) is 10.1. The maximum atomic E-state index is 5.33. The Bertz CT molecular complexity index is 176. The predicted molar refractivity (Wildman–Crippen MR) is 53.3 cm³/mol. The molecule has 1 rings (SSSR count). The zero-order valence-electron chi connectivity index (χ0n) is 7.79. The van der Waals surface area contributed by atoms with Crippen LogP contribution in [0.3, 0.4) is 0 Å². The molecule has 0 bridgehead atoms. The molecule has 1 aliphatic rings. The Morgan fingerprint density at radius 1 is 1.33 bits per heavy atom. The van der Waals surface area contributed by atoms with Gasteiger partial charge in [0.15, 0.2) is 0 Å². The molecular weight excluding hydrogens is 148 g/mol. The monoisotopic (exact) mass is 166 g/mol. The van der Waals surface area contributed by atoms with E-state index in [0.29, 0.717) is 6.04 Å². The molecule has 0 aromatic carbocycles. The van der Waals surface area contributed by atoms with Gasteiger partial charge in [-0.25, -0.2) is 0 Å². The van der Waals surface area contributed by atoms with E-state index < -0.39 is 0 Å². The molecule has 0 aliphatic heterocycles. The zero-order valence-corrected chi connectivity index (χ0v) is 7.79. The van der Waals surface area contributed by atoms with E-state index in [4.69, 9.17) is 5.73 Å². The second kappa shape index (κ2) is 4.96. The number of allylic oxidation sites excluding steroid dienone is 1. The molecule has 0 aromatic rings. The van der Waals surface area contributed by atoms with Crippen molar-refractivity contribution < 1.29 is 0 Å². The van der Waals surface area contributed by atoms with Crippen LogP contribution >= 0.6 is 0 Å². The molecule has 2 heteroatoms. The summed E-state index contributed by atoms with van der Waals surface area (Å²) in [5, 5.41) is 0. The van der Waals surface area contributed by atoms with Crippen molar-refractivity contribution >= 4 is 6.21 Å². The van der Waals surface area contributed by atoms with Crippen molar-refractivity contribution in [2.24, 2.45) is 10.7 Å². The Hall–Kier alpha value is -0.790. The molecule has 2 N–H and O–H groups in total. The van der Waals surface area contributed by atoms with Gasteiger partial charge < -0.3 is 5.73 Å². The maximum absolute atomic E-state index is 5.33. The van der Waals surface area contributed by atoms with Crippen LogP contribution in [0.5, 0.6) is 0 Å². The molecule has 0 saturated heterocycles.